The van der Waals surface area contributed by atoms with E-state index < -0.39 is 69.1 Å². The molecule has 2 aromatic carbocycles. The fourth-order valence-corrected chi connectivity index (χ4v) is 6.81. The first kappa shape index (κ1) is 26.9. The lowest BCUT2D eigenvalue weighted by molar-refractivity contribution is -0.139. The number of phenolic OH excluding ortho intramolecular Hbond substituents is 1. The molecule has 0 unspecified atom stereocenters. The van der Waals surface area contributed by atoms with Gasteiger partial charge in [0.25, 0.3) is 5.91 Å². The average molecular weight is 545 g/mol. The summed E-state index contributed by atoms with van der Waals surface area (Å²) in [6.07, 6.45) is -0.594. The fourth-order valence-electron chi connectivity index (χ4n) is 6.81. The number of nitrogens with zero attached hydrogens (tertiary/aromatic N) is 2. The van der Waals surface area contributed by atoms with Gasteiger partial charge in [-0.15, -0.1) is 0 Å². The Balaban J connectivity index is 1.87. The maximum Gasteiger partial charge on any atom is 0.255 e. The molecule has 0 aromatic heterocycles. The van der Waals surface area contributed by atoms with Crippen LogP contribution in [0.2, 0.25) is 0 Å². The monoisotopic (exact) mass is 544 g/mol. The summed E-state index contributed by atoms with van der Waals surface area (Å²) in [6, 6.07) is 10.1. The van der Waals surface area contributed by atoms with Gasteiger partial charge >= 0.3 is 0 Å². The van der Waals surface area contributed by atoms with E-state index in [4.69, 9.17) is 22.9 Å². The number of benzene rings is 2. The Morgan fingerprint density at radius 3 is 2.38 bits per heavy atom. The van der Waals surface area contributed by atoms with Crippen LogP contribution in [0.1, 0.15) is 17.5 Å². The molecule has 40 heavy (non-hydrogen) atoms. The standard InChI is InChI=1S/C28H28N6O6/c1-34(2)22-21(37)18(25(31)40)23(38)27(11-29)24(39)19-20(36)17-15(9-26(19,32)10-28(22,27)33)14(6-7-16(17)35)12-4-3-5-13(30)8-12/h3-8,22,35-36,38H,9-10,30,32-33H2,1-2H3,(H2,31,40)/t22-,26-,27+,28-/m1/s1. The largest absolute Gasteiger partial charge is 0.509 e. The van der Waals surface area contributed by atoms with Gasteiger partial charge in [0.05, 0.1) is 34.3 Å². The smallest absolute Gasteiger partial charge is 0.255 e. The highest BCUT2D eigenvalue weighted by molar-refractivity contribution is 6.25. The summed E-state index contributed by atoms with van der Waals surface area (Å²) in [4.78, 5) is 41.5. The van der Waals surface area contributed by atoms with E-state index in [2.05, 4.69) is 0 Å². The van der Waals surface area contributed by atoms with Gasteiger partial charge in [-0.05, 0) is 61.8 Å². The van der Waals surface area contributed by atoms with E-state index in [1.165, 1.54) is 25.1 Å². The molecule has 0 spiro atoms. The molecule has 1 amide bonds. The number of aliphatic hydroxyl groups excluding tert-OH is 2. The number of likely N-dealkylation sites (N-methyl/N-ethyl adjacent to an activating group) is 1. The van der Waals surface area contributed by atoms with Crippen LogP contribution >= 0.6 is 0 Å². The summed E-state index contributed by atoms with van der Waals surface area (Å²) >= 11 is 0. The number of ketones is 2. The van der Waals surface area contributed by atoms with Gasteiger partial charge in [-0.25, -0.2) is 0 Å². The lowest BCUT2D eigenvalue weighted by Gasteiger charge is -2.58. The molecular formula is C28H28N6O6. The molecule has 11 N–H and O–H groups in total. The number of hydrogen-bond donors (Lipinski definition) is 7. The van der Waals surface area contributed by atoms with Crippen molar-refractivity contribution in [3.05, 3.63) is 64.4 Å². The third-order valence-corrected chi connectivity index (χ3v) is 8.33. The van der Waals surface area contributed by atoms with Gasteiger partial charge in [0.15, 0.2) is 17.0 Å². The van der Waals surface area contributed by atoms with E-state index >= 15 is 0 Å². The second-order valence-corrected chi connectivity index (χ2v) is 10.9. The van der Waals surface area contributed by atoms with Crippen molar-refractivity contribution in [1.29, 1.82) is 5.26 Å². The maximum absolute atomic E-state index is 14.4. The Bertz CT molecular complexity index is 1650. The second-order valence-electron chi connectivity index (χ2n) is 10.9. The number of Topliss-reactive ketones (excluding diaryl/α,β-unsaturated/α-hetero) is 2. The summed E-state index contributed by atoms with van der Waals surface area (Å²) in [6.45, 7) is 0. The number of nitrogen functional groups attached to an aromatic ring is 1. The zero-order valence-corrected chi connectivity index (χ0v) is 21.7. The van der Waals surface area contributed by atoms with Crippen molar-refractivity contribution in [2.45, 2.75) is 30.0 Å². The highest BCUT2D eigenvalue weighted by Gasteiger charge is 2.74. The van der Waals surface area contributed by atoms with E-state index in [0.29, 0.717) is 22.4 Å². The normalized spacial score (nSPS) is 29.6. The van der Waals surface area contributed by atoms with Crippen LogP contribution < -0.4 is 22.9 Å². The molecule has 0 heterocycles. The third kappa shape index (κ3) is 3.13. The van der Waals surface area contributed by atoms with Crippen LogP contribution in [0.25, 0.3) is 16.9 Å². The van der Waals surface area contributed by atoms with E-state index in [9.17, 15) is 35.0 Å². The number of fused-ring (bicyclic) bond motifs is 3. The van der Waals surface area contributed by atoms with Crippen LogP contribution in [-0.4, -0.2) is 68.9 Å². The number of primary amides is 1. The minimum atomic E-state index is -2.70. The number of phenols is 1. The first-order valence-corrected chi connectivity index (χ1v) is 12.3. The number of aromatic hydroxyl groups is 1. The van der Waals surface area contributed by atoms with Crippen LogP contribution in [0.3, 0.4) is 0 Å². The van der Waals surface area contributed by atoms with Crippen molar-refractivity contribution >= 4 is 28.9 Å². The van der Waals surface area contributed by atoms with Crippen molar-refractivity contribution in [1.82, 2.24) is 4.90 Å². The lowest BCUT2D eigenvalue weighted by atomic mass is 9.47. The molecule has 1 fully saturated rings. The van der Waals surface area contributed by atoms with E-state index in [0.717, 1.165) is 0 Å². The van der Waals surface area contributed by atoms with Crippen molar-refractivity contribution in [3.63, 3.8) is 0 Å². The minimum Gasteiger partial charge on any atom is -0.509 e. The van der Waals surface area contributed by atoms with E-state index in [1.54, 1.807) is 36.4 Å². The maximum atomic E-state index is 14.4. The number of hydrogen-bond acceptors (Lipinski definition) is 11. The second kappa shape index (κ2) is 8.40. The molecule has 0 bridgehead atoms. The van der Waals surface area contributed by atoms with E-state index in [1.807, 2.05) is 0 Å². The topological polar surface area (TPSA) is 243 Å². The van der Waals surface area contributed by atoms with Gasteiger partial charge in [0.1, 0.15) is 22.8 Å². The first-order valence-electron chi connectivity index (χ1n) is 12.3. The van der Waals surface area contributed by atoms with Gasteiger partial charge in [-0.1, -0.05) is 18.2 Å². The third-order valence-electron chi connectivity index (χ3n) is 8.33. The number of nitriles is 1. The average Bonchev–Trinajstić information content (AvgIpc) is 2.83. The summed E-state index contributed by atoms with van der Waals surface area (Å²) < 4.78 is 0. The molecule has 4 atom stereocenters. The van der Waals surface area contributed by atoms with Crippen LogP contribution in [0, 0.1) is 16.7 Å². The number of anilines is 1. The number of carbonyl (C=O) groups excluding carboxylic acids is 3. The predicted octanol–water partition coefficient (Wildman–Crippen LogP) is 0.155. The SMILES string of the molecule is CN(C)[C@@H]1C(=O)C(C(N)=O)=C(O)[C@@]2(C#N)C(=O)C3=C(O)c4c(O)ccc(-c5cccc(N)c5)c4C[C@@]3(N)C[C@@]12N. The number of nitrogens with two attached hydrogens (primary N) is 4. The van der Waals surface area contributed by atoms with Crippen LogP contribution in [0.4, 0.5) is 5.69 Å². The number of carbonyl (C=O) groups is 3. The molecule has 0 saturated heterocycles. The quantitative estimate of drug-likeness (QED) is 0.202. The molecule has 0 aliphatic heterocycles. The summed E-state index contributed by atoms with van der Waals surface area (Å²) in [7, 11) is 2.92. The summed E-state index contributed by atoms with van der Waals surface area (Å²) in [5, 5.41) is 44.0. The molecule has 12 nitrogen and oxygen atoms in total. The van der Waals surface area contributed by atoms with Gasteiger partial charge in [-0.2, -0.15) is 5.26 Å². The van der Waals surface area contributed by atoms with Crippen LogP contribution in [0.5, 0.6) is 5.75 Å². The Kier molecular flexibility index (Phi) is 5.65. The van der Waals surface area contributed by atoms with E-state index in [-0.39, 0.29) is 17.7 Å². The molecule has 2 aromatic rings. The number of rotatable bonds is 3. The molecule has 1 saturated carbocycles. The Morgan fingerprint density at radius 1 is 1.12 bits per heavy atom. The Labute approximate surface area is 228 Å². The molecule has 0 radical (unpaired) electrons. The number of aliphatic hydroxyl groups is 2. The molecule has 12 heteroatoms. The van der Waals surface area contributed by atoms with Gasteiger partial charge in [0.2, 0.25) is 0 Å². The van der Waals surface area contributed by atoms with Crippen molar-refractivity contribution in [2.75, 3.05) is 19.8 Å². The molecule has 3 aliphatic rings. The molecule has 206 valence electrons. The van der Waals surface area contributed by atoms with Crippen molar-refractivity contribution in [2.24, 2.45) is 22.6 Å². The van der Waals surface area contributed by atoms with Crippen LogP contribution in [-0.2, 0) is 20.8 Å². The fraction of sp³-hybridized carbons (Fsp3) is 0.286. The highest BCUT2D eigenvalue weighted by atomic mass is 16.3. The number of amides is 1. The van der Waals surface area contributed by atoms with Crippen molar-refractivity contribution < 1.29 is 29.7 Å². The Hall–Kier alpha value is -4.70. The first-order chi connectivity index (χ1) is 18.7. The summed E-state index contributed by atoms with van der Waals surface area (Å²) in [5.41, 5.74) is 19.1. The lowest BCUT2D eigenvalue weighted by Crippen LogP contribution is -2.80. The highest BCUT2D eigenvalue weighted by Crippen LogP contribution is 2.58. The molecule has 5 rings (SSSR count). The van der Waals surface area contributed by atoms with Crippen molar-refractivity contribution in [3.8, 4) is 22.9 Å². The summed E-state index contributed by atoms with van der Waals surface area (Å²) in [5.74, 6) is -5.77. The zero-order valence-electron chi connectivity index (χ0n) is 21.7. The predicted molar refractivity (Wildman–Crippen MR) is 144 cm³/mol. The zero-order chi connectivity index (χ0) is 29.5. The van der Waals surface area contributed by atoms with Crippen LogP contribution in [0.15, 0.2) is 53.3 Å². The molecular weight excluding hydrogens is 516 g/mol. The van der Waals surface area contributed by atoms with Gasteiger partial charge in [0, 0.05) is 5.69 Å². The van der Waals surface area contributed by atoms with Gasteiger partial charge in [-0.3, -0.25) is 19.3 Å². The minimum absolute atomic E-state index is 0.0865. The van der Waals surface area contributed by atoms with Gasteiger partial charge < -0.3 is 38.3 Å². The molecule has 3 aliphatic carbocycles. The Morgan fingerprint density at radius 2 is 1.80 bits per heavy atom.